The van der Waals surface area contributed by atoms with Gasteiger partial charge in [0.1, 0.15) is 0 Å². The van der Waals surface area contributed by atoms with Crippen molar-refractivity contribution >= 4 is 17.8 Å². The van der Waals surface area contributed by atoms with Gasteiger partial charge in [0.25, 0.3) is 5.91 Å². The van der Waals surface area contributed by atoms with Gasteiger partial charge >= 0.3 is 0 Å². The third-order valence-electron chi connectivity index (χ3n) is 3.49. The molecule has 2 rings (SSSR count). The van der Waals surface area contributed by atoms with Gasteiger partial charge in [-0.1, -0.05) is 47.1 Å². The second-order valence-electron chi connectivity index (χ2n) is 5.76. The van der Waals surface area contributed by atoms with E-state index in [1.54, 1.807) is 6.21 Å². The first-order valence-electron chi connectivity index (χ1n) is 7.79. The van der Waals surface area contributed by atoms with Crippen molar-refractivity contribution < 1.29 is 9.63 Å². The predicted octanol–water partition coefficient (Wildman–Crippen LogP) is 2.73. The predicted molar refractivity (Wildman–Crippen MR) is 97.3 cm³/mol. The normalized spacial score (nSPS) is 10.6. The third-order valence-corrected chi connectivity index (χ3v) is 3.49. The Morgan fingerprint density at radius 1 is 1.12 bits per heavy atom. The van der Waals surface area contributed by atoms with Crippen molar-refractivity contribution in [1.29, 1.82) is 0 Å². The summed E-state index contributed by atoms with van der Waals surface area (Å²) in [7, 11) is 3.98. The number of rotatable bonds is 7. The highest BCUT2D eigenvalue weighted by Gasteiger charge is 2.01. The summed E-state index contributed by atoms with van der Waals surface area (Å²) in [5.74, 6) is -0.198. The van der Waals surface area contributed by atoms with Crippen molar-refractivity contribution in [2.45, 2.75) is 13.5 Å². The molecule has 126 valence electrons. The summed E-state index contributed by atoms with van der Waals surface area (Å²) in [6.45, 7) is 2.42. The fourth-order valence-corrected chi connectivity index (χ4v) is 2.01. The van der Waals surface area contributed by atoms with E-state index in [-0.39, 0.29) is 12.5 Å². The van der Waals surface area contributed by atoms with Crippen LogP contribution in [0.3, 0.4) is 0 Å². The van der Waals surface area contributed by atoms with Crippen molar-refractivity contribution in [3.63, 3.8) is 0 Å². The number of oxime groups is 1. The highest BCUT2D eigenvalue weighted by molar-refractivity contribution is 5.80. The Morgan fingerprint density at radius 2 is 1.79 bits per heavy atom. The largest absolute Gasteiger partial charge is 0.386 e. The van der Waals surface area contributed by atoms with Crippen molar-refractivity contribution in [3.8, 4) is 0 Å². The number of hydrogen-bond donors (Lipinski definition) is 1. The minimum absolute atomic E-state index is 0.0991. The summed E-state index contributed by atoms with van der Waals surface area (Å²) in [6, 6.07) is 15.9. The molecule has 1 amide bonds. The molecule has 5 nitrogen and oxygen atoms in total. The van der Waals surface area contributed by atoms with E-state index in [1.165, 1.54) is 5.56 Å². The quantitative estimate of drug-likeness (QED) is 0.629. The molecule has 2 aromatic carbocycles. The first-order chi connectivity index (χ1) is 11.5. The number of benzene rings is 2. The number of nitrogens with zero attached hydrogens (tertiary/aromatic N) is 2. The third kappa shape index (κ3) is 5.76. The van der Waals surface area contributed by atoms with Gasteiger partial charge in [0.15, 0.2) is 6.61 Å². The number of carbonyl (C=O) groups is 1. The molecule has 24 heavy (non-hydrogen) atoms. The molecule has 0 fully saturated rings. The smallest absolute Gasteiger partial charge is 0.261 e. The van der Waals surface area contributed by atoms with Gasteiger partial charge in [-0.25, -0.2) is 0 Å². The molecule has 0 aliphatic rings. The highest BCUT2D eigenvalue weighted by Crippen LogP contribution is 2.10. The Bertz CT molecular complexity index is 677. The number of amides is 1. The number of anilines is 1. The van der Waals surface area contributed by atoms with Crippen LogP contribution in [0.1, 0.15) is 16.7 Å². The lowest BCUT2D eigenvalue weighted by molar-refractivity contribution is -0.125. The topological polar surface area (TPSA) is 53.9 Å². The molecule has 0 atom stereocenters. The summed E-state index contributed by atoms with van der Waals surface area (Å²) in [6.07, 6.45) is 1.59. The summed E-state index contributed by atoms with van der Waals surface area (Å²) < 4.78 is 0. The Morgan fingerprint density at radius 3 is 2.42 bits per heavy atom. The summed E-state index contributed by atoms with van der Waals surface area (Å²) >= 11 is 0. The molecule has 5 heteroatoms. The van der Waals surface area contributed by atoms with Crippen molar-refractivity contribution in [2.24, 2.45) is 5.16 Å². The van der Waals surface area contributed by atoms with E-state index in [0.717, 1.165) is 16.8 Å². The molecule has 0 aliphatic heterocycles. The number of nitrogens with one attached hydrogen (secondary N) is 1. The van der Waals surface area contributed by atoms with Crippen LogP contribution in [-0.2, 0) is 16.2 Å². The van der Waals surface area contributed by atoms with Gasteiger partial charge in [-0.05, 0) is 30.2 Å². The average Bonchev–Trinajstić information content (AvgIpc) is 2.58. The molecule has 0 spiro atoms. The summed E-state index contributed by atoms with van der Waals surface area (Å²) in [4.78, 5) is 18.8. The maximum absolute atomic E-state index is 11.7. The van der Waals surface area contributed by atoms with Gasteiger partial charge in [0, 0.05) is 26.3 Å². The van der Waals surface area contributed by atoms with Crippen LogP contribution < -0.4 is 10.2 Å². The molecular formula is C19H23N3O2. The maximum Gasteiger partial charge on any atom is 0.261 e. The fourth-order valence-electron chi connectivity index (χ4n) is 2.01. The van der Waals surface area contributed by atoms with E-state index in [0.29, 0.717) is 6.54 Å². The SMILES string of the molecule is Cc1ccc(CNC(=O)CO/N=C/c2ccc(N(C)C)cc2)cc1. The van der Waals surface area contributed by atoms with E-state index in [9.17, 15) is 4.79 Å². The molecule has 0 radical (unpaired) electrons. The van der Waals surface area contributed by atoms with Crippen LogP contribution in [0.25, 0.3) is 0 Å². The zero-order chi connectivity index (χ0) is 17.4. The van der Waals surface area contributed by atoms with Crippen molar-refractivity contribution in [2.75, 3.05) is 25.6 Å². The van der Waals surface area contributed by atoms with Crippen LogP contribution in [0.5, 0.6) is 0 Å². The van der Waals surface area contributed by atoms with Gasteiger partial charge in [-0.3, -0.25) is 4.79 Å². The lowest BCUT2D eigenvalue weighted by Gasteiger charge is -2.11. The minimum atomic E-state index is -0.198. The molecule has 2 aromatic rings. The van der Waals surface area contributed by atoms with Crippen LogP contribution in [0.15, 0.2) is 53.7 Å². The van der Waals surface area contributed by atoms with Gasteiger partial charge < -0.3 is 15.1 Å². The highest BCUT2D eigenvalue weighted by atomic mass is 16.6. The minimum Gasteiger partial charge on any atom is -0.386 e. The van der Waals surface area contributed by atoms with Gasteiger partial charge in [0.2, 0.25) is 0 Å². The zero-order valence-electron chi connectivity index (χ0n) is 14.3. The molecule has 0 bridgehead atoms. The second-order valence-corrected chi connectivity index (χ2v) is 5.76. The van der Waals surface area contributed by atoms with E-state index >= 15 is 0 Å². The lowest BCUT2D eigenvalue weighted by atomic mass is 10.1. The van der Waals surface area contributed by atoms with Crippen LogP contribution >= 0.6 is 0 Å². The molecule has 0 aromatic heterocycles. The molecule has 0 saturated heterocycles. The zero-order valence-corrected chi connectivity index (χ0v) is 14.3. The van der Waals surface area contributed by atoms with Gasteiger partial charge in [-0.2, -0.15) is 0 Å². The van der Waals surface area contributed by atoms with Crippen LogP contribution in [-0.4, -0.2) is 32.8 Å². The van der Waals surface area contributed by atoms with Crippen LogP contribution in [0.2, 0.25) is 0 Å². The fraction of sp³-hybridized carbons (Fsp3) is 0.263. The van der Waals surface area contributed by atoms with E-state index in [1.807, 2.05) is 74.4 Å². The molecule has 1 N–H and O–H groups in total. The number of carbonyl (C=O) groups excluding carboxylic acids is 1. The Hall–Kier alpha value is -2.82. The first-order valence-corrected chi connectivity index (χ1v) is 7.79. The lowest BCUT2D eigenvalue weighted by Crippen LogP contribution is -2.26. The summed E-state index contributed by atoms with van der Waals surface area (Å²) in [5.41, 5.74) is 4.28. The average molecular weight is 325 g/mol. The van der Waals surface area contributed by atoms with E-state index in [2.05, 4.69) is 10.5 Å². The van der Waals surface area contributed by atoms with Crippen molar-refractivity contribution in [1.82, 2.24) is 5.32 Å². The van der Waals surface area contributed by atoms with Crippen LogP contribution in [0, 0.1) is 6.92 Å². The second kappa shape index (κ2) is 8.72. The Kier molecular flexibility index (Phi) is 6.37. The monoisotopic (exact) mass is 325 g/mol. The molecule has 0 saturated carbocycles. The molecule has 0 unspecified atom stereocenters. The number of aryl methyl sites for hydroxylation is 1. The van der Waals surface area contributed by atoms with Gasteiger partial charge in [0.05, 0.1) is 6.21 Å². The van der Waals surface area contributed by atoms with E-state index in [4.69, 9.17) is 4.84 Å². The molecular weight excluding hydrogens is 302 g/mol. The number of hydrogen-bond acceptors (Lipinski definition) is 4. The maximum atomic E-state index is 11.7. The first kappa shape index (κ1) is 17.5. The molecule has 0 aliphatic carbocycles. The van der Waals surface area contributed by atoms with Gasteiger partial charge in [-0.15, -0.1) is 0 Å². The van der Waals surface area contributed by atoms with Crippen LogP contribution in [0.4, 0.5) is 5.69 Å². The molecule has 0 heterocycles. The van der Waals surface area contributed by atoms with Crippen molar-refractivity contribution in [3.05, 3.63) is 65.2 Å². The Labute approximate surface area is 142 Å². The Balaban J connectivity index is 1.70. The standard InChI is InChI=1S/C19H23N3O2/c1-15-4-6-16(7-5-15)12-20-19(23)14-24-21-13-17-8-10-18(11-9-17)22(2)3/h4-11,13H,12,14H2,1-3H3,(H,20,23)/b21-13+. The van der Waals surface area contributed by atoms with E-state index < -0.39 is 0 Å². The summed E-state index contributed by atoms with van der Waals surface area (Å²) in [5, 5.41) is 6.62.